The Bertz CT molecular complexity index is 114. The summed E-state index contributed by atoms with van der Waals surface area (Å²) >= 11 is 2.03. The standard InChI is InChI=1S/C11H26N2S/c1-5-13(6-2)9-7-12-8-10-14-11(3)4/h11-12H,5-10H2,1-4H3. The van der Waals surface area contributed by atoms with Crippen molar-refractivity contribution in [1.82, 2.24) is 10.2 Å². The fourth-order valence-electron chi connectivity index (χ4n) is 1.27. The summed E-state index contributed by atoms with van der Waals surface area (Å²) in [6.45, 7) is 14.7. The minimum atomic E-state index is 0.764. The summed E-state index contributed by atoms with van der Waals surface area (Å²) in [4.78, 5) is 2.45. The lowest BCUT2D eigenvalue weighted by Crippen LogP contribution is -2.32. The number of thioether (sulfide) groups is 1. The van der Waals surface area contributed by atoms with Gasteiger partial charge in [0, 0.05) is 25.4 Å². The second-order valence-electron chi connectivity index (χ2n) is 3.70. The van der Waals surface area contributed by atoms with E-state index in [0.29, 0.717) is 0 Å². The molecule has 0 saturated carbocycles. The van der Waals surface area contributed by atoms with Crippen LogP contribution in [-0.4, -0.2) is 48.6 Å². The van der Waals surface area contributed by atoms with Crippen molar-refractivity contribution in [2.75, 3.05) is 38.5 Å². The summed E-state index contributed by atoms with van der Waals surface area (Å²) in [6.07, 6.45) is 0. The van der Waals surface area contributed by atoms with Gasteiger partial charge in [-0.1, -0.05) is 27.7 Å². The molecule has 0 bridgehead atoms. The van der Waals surface area contributed by atoms with E-state index in [4.69, 9.17) is 0 Å². The van der Waals surface area contributed by atoms with Crippen LogP contribution in [0.2, 0.25) is 0 Å². The molecule has 86 valence electrons. The number of nitrogens with zero attached hydrogens (tertiary/aromatic N) is 1. The van der Waals surface area contributed by atoms with Gasteiger partial charge in [0.2, 0.25) is 0 Å². The fourth-order valence-corrected chi connectivity index (χ4v) is 2.00. The number of rotatable bonds is 9. The predicted molar refractivity (Wildman–Crippen MR) is 68.3 cm³/mol. The first kappa shape index (κ1) is 14.3. The minimum Gasteiger partial charge on any atom is -0.315 e. The Morgan fingerprint density at radius 3 is 2.29 bits per heavy atom. The zero-order valence-corrected chi connectivity index (χ0v) is 11.0. The van der Waals surface area contributed by atoms with E-state index >= 15 is 0 Å². The molecule has 0 aliphatic rings. The van der Waals surface area contributed by atoms with E-state index < -0.39 is 0 Å². The van der Waals surface area contributed by atoms with Crippen molar-refractivity contribution in [3.63, 3.8) is 0 Å². The third-order valence-electron chi connectivity index (χ3n) is 2.23. The topological polar surface area (TPSA) is 15.3 Å². The van der Waals surface area contributed by atoms with Crippen LogP contribution in [0.1, 0.15) is 27.7 Å². The average Bonchev–Trinajstić information content (AvgIpc) is 2.16. The van der Waals surface area contributed by atoms with E-state index in [1.165, 1.54) is 25.4 Å². The Balaban J connectivity index is 3.12. The van der Waals surface area contributed by atoms with E-state index in [-0.39, 0.29) is 0 Å². The van der Waals surface area contributed by atoms with Crippen LogP contribution in [0.4, 0.5) is 0 Å². The molecule has 0 unspecified atom stereocenters. The zero-order chi connectivity index (χ0) is 10.8. The first-order chi connectivity index (χ1) is 6.70. The number of nitrogens with one attached hydrogen (secondary N) is 1. The molecule has 0 rings (SSSR count). The van der Waals surface area contributed by atoms with Gasteiger partial charge in [-0.2, -0.15) is 11.8 Å². The fraction of sp³-hybridized carbons (Fsp3) is 1.00. The zero-order valence-electron chi connectivity index (χ0n) is 10.2. The number of hydrogen-bond acceptors (Lipinski definition) is 3. The van der Waals surface area contributed by atoms with Gasteiger partial charge in [0.05, 0.1) is 0 Å². The summed E-state index contributed by atoms with van der Waals surface area (Å²) in [5, 5.41) is 4.24. The molecular weight excluding hydrogens is 192 g/mol. The highest BCUT2D eigenvalue weighted by Gasteiger charge is 1.97. The van der Waals surface area contributed by atoms with Gasteiger partial charge >= 0.3 is 0 Å². The van der Waals surface area contributed by atoms with Gasteiger partial charge in [-0.25, -0.2) is 0 Å². The van der Waals surface area contributed by atoms with Crippen LogP contribution in [0.3, 0.4) is 0 Å². The van der Waals surface area contributed by atoms with Crippen molar-refractivity contribution in [3.8, 4) is 0 Å². The van der Waals surface area contributed by atoms with E-state index in [0.717, 1.165) is 18.3 Å². The molecule has 0 atom stereocenters. The Kier molecular flexibility index (Phi) is 10.0. The second kappa shape index (κ2) is 9.81. The molecule has 0 spiro atoms. The SMILES string of the molecule is CCN(CC)CCNCCSC(C)C. The van der Waals surface area contributed by atoms with Gasteiger partial charge in [-0.05, 0) is 18.3 Å². The van der Waals surface area contributed by atoms with Crippen LogP contribution in [-0.2, 0) is 0 Å². The van der Waals surface area contributed by atoms with E-state index in [2.05, 4.69) is 37.9 Å². The maximum absolute atomic E-state index is 3.48. The highest BCUT2D eigenvalue weighted by Crippen LogP contribution is 2.06. The van der Waals surface area contributed by atoms with Crippen molar-refractivity contribution in [3.05, 3.63) is 0 Å². The summed E-state index contributed by atoms with van der Waals surface area (Å²) in [7, 11) is 0. The van der Waals surface area contributed by atoms with Crippen LogP contribution < -0.4 is 5.32 Å². The Morgan fingerprint density at radius 1 is 1.14 bits per heavy atom. The Morgan fingerprint density at radius 2 is 1.79 bits per heavy atom. The van der Waals surface area contributed by atoms with E-state index in [1.54, 1.807) is 0 Å². The summed E-state index contributed by atoms with van der Waals surface area (Å²) in [5.41, 5.74) is 0. The molecule has 3 heteroatoms. The van der Waals surface area contributed by atoms with Gasteiger partial charge < -0.3 is 10.2 Å². The molecule has 0 amide bonds. The number of likely N-dealkylation sites (N-methyl/N-ethyl adjacent to an activating group) is 1. The maximum Gasteiger partial charge on any atom is 0.0107 e. The smallest absolute Gasteiger partial charge is 0.0107 e. The number of hydrogen-bond donors (Lipinski definition) is 1. The van der Waals surface area contributed by atoms with Gasteiger partial charge in [-0.3, -0.25) is 0 Å². The molecule has 0 aromatic heterocycles. The molecule has 0 radical (unpaired) electrons. The van der Waals surface area contributed by atoms with Crippen molar-refractivity contribution in [1.29, 1.82) is 0 Å². The highest BCUT2D eigenvalue weighted by molar-refractivity contribution is 7.99. The monoisotopic (exact) mass is 218 g/mol. The van der Waals surface area contributed by atoms with Crippen LogP contribution >= 0.6 is 11.8 Å². The van der Waals surface area contributed by atoms with E-state index in [9.17, 15) is 0 Å². The Labute approximate surface area is 93.8 Å². The van der Waals surface area contributed by atoms with Crippen LogP contribution in [0.25, 0.3) is 0 Å². The van der Waals surface area contributed by atoms with Crippen LogP contribution in [0.15, 0.2) is 0 Å². The molecule has 0 aliphatic carbocycles. The molecule has 0 saturated heterocycles. The lowest BCUT2D eigenvalue weighted by molar-refractivity contribution is 0.303. The molecule has 0 aromatic carbocycles. The molecule has 0 aliphatic heterocycles. The van der Waals surface area contributed by atoms with Gasteiger partial charge in [-0.15, -0.1) is 0 Å². The first-order valence-corrected chi connectivity index (χ1v) is 6.80. The molecule has 0 heterocycles. The first-order valence-electron chi connectivity index (χ1n) is 5.75. The molecular formula is C11H26N2S. The quantitative estimate of drug-likeness (QED) is 0.596. The van der Waals surface area contributed by atoms with Gasteiger partial charge in [0.15, 0.2) is 0 Å². The Hall–Kier alpha value is 0.270. The minimum absolute atomic E-state index is 0.764. The van der Waals surface area contributed by atoms with Crippen LogP contribution in [0.5, 0.6) is 0 Å². The molecule has 1 N–H and O–H groups in total. The normalized spacial score (nSPS) is 11.6. The summed E-state index contributed by atoms with van der Waals surface area (Å²) in [6, 6.07) is 0. The van der Waals surface area contributed by atoms with Crippen molar-refractivity contribution >= 4 is 11.8 Å². The van der Waals surface area contributed by atoms with Crippen molar-refractivity contribution in [2.45, 2.75) is 32.9 Å². The third kappa shape index (κ3) is 8.85. The summed E-state index contributed by atoms with van der Waals surface area (Å²) in [5.74, 6) is 1.23. The molecule has 0 aromatic rings. The van der Waals surface area contributed by atoms with Crippen LogP contribution in [0, 0.1) is 0 Å². The second-order valence-corrected chi connectivity index (χ2v) is 5.38. The molecule has 0 fully saturated rings. The predicted octanol–water partition coefficient (Wildman–Crippen LogP) is 2.06. The van der Waals surface area contributed by atoms with E-state index in [1.807, 2.05) is 11.8 Å². The third-order valence-corrected chi connectivity index (χ3v) is 3.34. The van der Waals surface area contributed by atoms with Crippen molar-refractivity contribution < 1.29 is 0 Å². The maximum atomic E-state index is 3.48. The molecule has 14 heavy (non-hydrogen) atoms. The molecule has 2 nitrogen and oxygen atoms in total. The lowest BCUT2D eigenvalue weighted by atomic mass is 10.4. The summed E-state index contributed by atoms with van der Waals surface area (Å²) < 4.78 is 0. The highest BCUT2D eigenvalue weighted by atomic mass is 32.2. The van der Waals surface area contributed by atoms with Gasteiger partial charge in [0.25, 0.3) is 0 Å². The van der Waals surface area contributed by atoms with Gasteiger partial charge in [0.1, 0.15) is 0 Å². The largest absolute Gasteiger partial charge is 0.315 e. The average molecular weight is 218 g/mol. The van der Waals surface area contributed by atoms with Crippen molar-refractivity contribution in [2.24, 2.45) is 0 Å². The lowest BCUT2D eigenvalue weighted by Gasteiger charge is -2.18.